The van der Waals surface area contributed by atoms with Gasteiger partial charge in [-0.3, -0.25) is 15.1 Å². The Hall–Kier alpha value is -3.20. The van der Waals surface area contributed by atoms with Crippen LogP contribution in [-0.2, 0) is 12.8 Å². The van der Waals surface area contributed by atoms with Crippen LogP contribution in [-0.4, -0.2) is 52.7 Å². The first kappa shape index (κ1) is 24.1. The first-order chi connectivity index (χ1) is 14.5. The third kappa shape index (κ3) is 4.46. The standard InChI is InChI=1S/C21H24N2O7.ClH/c1-26-16-10-13(15(23(24)25)11-17(16)27-2)8-14-19-12(6-7-22-14)9-18(28-3)20(29-4)21(19)30-5;/h9-11H,6-8H2,1-5H3;1H. The molecule has 0 unspecified atom stereocenters. The smallest absolute Gasteiger partial charge is 0.276 e. The normalized spacial score (nSPS) is 12.1. The molecule has 168 valence electrons. The molecular weight excluding hydrogens is 428 g/mol. The molecule has 0 bridgehead atoms. The van der Waals surface area contributed by atoms with E-state index in [0.29, 0.717) is 53.0 Å². The molecule has 1 heterocycles. The Labute approximate surface area is 186 Å². The van der Waals surface area contributed by atoms with Gasteiger partial charge in [0, 0.05) is 24.1 Å². The topological polar surface area (TPSA) is 102 Å². The average Bonchev–Trinajstić information content (AvgIpc) is 2.77. The number of halogens is 1. The van der Waals surface area contributed by atoms with E-state index in [4.69, 9.17) is 23.7 Å². The van der Waals surface area contributed by atoms with Gasteiger partial charge in [-0.15, -0.1) is 12.4 Å². The molecule has 0 radical (unpaired) electrons. The summed E-state index contributed by atoms with van der Waals surface area (Å²) in [6, 6.07) is 4.87. The largest absolute Gasteiger partial charge is 0.493 e. The minimum absolute atomic E-state index is 0. The van der Waals surface area contributed by atoms with E-state index in [1.54, 1.807) is 20.3 Å². The molecule has 10 heteroatoms. The lowest BCUT2D eigenvalue weighted by atomic mass is 9.91. The number of nitrogens with zero attached hydrogens (tertiary/aromatic N) is 2. The maximum atomic E-state index is 11.7. The molecule has 0 aliphatic carbocycles. The molecule has 0 aromatic heterocycles. The van der Waals surface area contributed by atoms with Crippen LogP contribution < -0.4 is 23.7 Å². The minimum atomic E-state index is -0.437. The fraction of sp³-hybridized carbons (Fsp3) is 0.381. The molecule has 0 saturated heterocycles. The SMILES string of the molecule is COc1cc(CC2=NCCc3cc(OC)c(OC)c(OC)c32)c([N+](=O)[O-])cc1OC.Cl. The third-order valence-electron chi connectivity index (χ3n) is 5.02. The number of nitro groups is 1. The Kier molecular flexibility index (Phi) is 7.93. The summed E-state index contributed by atoms with van der Waals surface area (Å²) in [5.74, 6) is 2.21. The molecule has 31 heavy (non-hydrogen) atoms. The van der Waals surface area contributed by atoms with Gasteiger partial charge in [0.15, 0.2) is 23.0 Å². The molecule has 0 saturated carbocycles. The lowest BCUT2D eigenvalue weighted by Gasteiger charge is -2.23. The Morgan fingerprint density at radius 1 is 0.903 bits per heavy atom. The van der Waals surface area contributed by atoms with Crippen LogP contribution in [0.2, 0.25) is 0 Å². The maximum Gasteiger partial charge on any atom is 0.276 e. The summed E-state index contributed by atoms with van der Waals surface area (Å²) in [7, 11) is 7.57. The highest BCUT2D eigenvalue weighted by Gasteiger charge is 2.28. The summed E-state index contributed by atoms with van der Waals surface area (Å²) in [5, 5.41) is 11.7. The fourth-order valence-electron chi connectivity index (χ4n) is 3.66. The van der Waals surface area contributed by atoms with Crippen molar-refractivity contribution in [3.05, 3.63) is 45.0 Å². The minimum Gasteiger partial charge on any atom is -0.493 e. The zero-order chi connectivity index (χ0) is 21.8. The molecule has 0 atom stereocenters. The highest BCUT2D eigenvalue weighted by atomic mass is 35.5. The number of ether oxygens (including phenoxy) is 5. The van der Waals surface area contributed by atoms with Gasteiger partial charge in [0.25, 0.3) is 5.69 Å². The van der Waals surface area contributed by atoms with Gasteiger partial charge in [-0.1, -0.05) is 0 Å². The predicted molar refractivity (Wildman–Crippen MR) is 118 cm³/mol. The van der Waals surface area contributed by atoms with E-state index in [1.807, 2.05) is 6.07 Å². The quantitative estimate of drug-likeness (QED) is 0.445. The van der Waals surface area contributed by atoms with Gasteiger partial charge in [-0.05, 0) is 24.1 Å². The summed E-state index contributed by atoms with van der Waals surface area (Å²) in [6.45, 7) is 0.558. The first-order valence-electron chi connectivity index (χ1n) is 9.23. The number of benzene rings is 2. The van der Waals surface area contributed by atoms with Gasteiger partial charge in [-0.2, -0.15) is 0 Å². The monoisotopic (exact) mass is 452 g/mol. The van der Waals surface area contributed by atoms with E-state index in [-0.39, 0.29) is 24.5 Å². The van der Waals surface area contributed by atoms with Gasteiger partial charge >= 0.3 is 0 Å². The molecule has 0 spiro atoms. The zero-order valence-electron chi connectivity index (χ0n) is 18.0. The van der Waals surface area contributed by atoms with Crippen LogP contribution in [0.5, 0.6) is 28.7 Å². The van der Waals surface area contributed by atoms with Crippen molar-refractivity contribution in [2.45, 2.75) is 12.8 Å². The molecule has 2 aromatic carbocycles. The predicted octanol–water partition coefficient (Wildman–Crippen LogP) is 3.65. The Balaban J connectivity index is 0.00000341. The fourth-order valence-corrected chi connectivity index (χ4v) is 3.66. The van der Waals surface area contributed by atoms with Crippen LogP contribution in [0.4, 0.5) is 5.69 Å². The van der Waals surface area contributed by atoms with E-state index >= 15 is 0 Å². The van der Waals surface area contributed by atoms with Crippen LogP contribution in [0.1, 0.15) is 16.7 Å². The number of hydrogen-bond donors (Lipinski definition) is 0. The molecule has 0 amide bonds. The highest BCUT2D eigenvalue weighted by molar-refractivity contribution is 6.07. The van der Waals surface area contributed by atoms with Gasteiger partial charge in [0.05, 0.1) is 52.3 Å². The lowest BCUT2D eigenvalue weighted by molar-refractivity contribution is -0.385. The van der Waals surface area contributed by atoms with E-state index in [1.165, 1.54) is 27.4 Å². The summed E-state index contributed by atoms with van der Waals surface area (Å²) in [4.78, 5) is 15.9. The number of rotatable bonds is 8. The second kappa shape index (κ2) is 10.2. The molecule has 0 N–H and O–H groups in total. The summed E-state index contributed by atoms with van der Waals surface area (Å²) < 4.78 is 27.1. The van der Waals surface area contributed by atoms with Crippen molar-refractivity contribution < 1.29 is 28.6 Å². The van der Waals surface area contributed by atoms with E-state index in [0.717, 1.165) is 11.1 Å². The lowest BCUT2D eigenvalue weighted by Crippen LogP contribution is -2.18. The molecule has 9 nitrogen and oxygen atoms in total. The van der Waals surface area contributed by atoms with Gasteiger partial charge in [0.1, 0.15) is 0 Å². The van der Waals surface area contributed by atoms with Gasteiger partial charge in [0.2, 0.25) is 5.75 Å². The zero-order valence-corrected chi connectivity index (χ0v) is 18.8. The Bertz CT molecular complexity index is 1010. The molecule has 1 aliphatic rings. The van der Waals surface area contributed by atoms with E-state index in [9.17, 15) is 10.1 Å². The van der Waals surface area contributed by atoms with Gasteiger partial charge < -0.3 is 23.7 Å². The van der Waals surface area contributed by atoms with Gasteiger partial charge in [-0.25, -0.2) is 0 Å². The van der Waals surface area contributed by atoms with Crippen LogP contribution in [0.15, 0.2) is 23.2 Å². The van der Waals surface area contributed by atoms with E-state index < -0.39 is 4.92 Å². The van der Waals surface area contributed by atoms with E-state index in [2.05, 4.69) is 4.99 Å². The Morgan fingerprint density at radius 2 is 1.52 bits per heavy atom. The summed E-state index contributed by atoms with van der Waals surface area (Å²) in [5.41, 5.74) is 2.82. The van der Waals surface area contributed by atoms with Crippen LogP contribution in [0, 0.1) is 10.1 Å². The molecule has 3 rings (SSSR count). The van der Waals surface area contributed by atoms with Crippen molar-refractivity contribution in [3.63, 3.8) is 0 Å². The van der Waals surface area contributed by atoms with Crippen molar-refractivity contribution in [1.29, 1.82) is 0 Å². The number of fused-ring (bicyclic) bond motifs is 1. The second-order valence-electron chi connectivity index (χ2n) is 6.53. The molecule has 2 aromatic rings. The maximum absolute atomic E-state index is 11.7. The number of methoxy groups -OCH3 is 5. The van der Waals surface area contributed by atoms with Crippen LogP contribution in [0.3, 0.4) is 0 Å². The average molecular weight is 453 g/mol. The van der Waals surface area contributed by atoms with Crippen LogP contribution >= 0.6 is 12.4 Å². The van der Waals surface area contributed by atoms with Crippen molar-refractivity contribution in [2.75, 3.05) is 42.1 Å². The first-order valence-corrected chi connectivity index (χ1v) is 9.23. The highest BCUT2D eigenvalue weighted by Crippen LogP contribution is 2.44. The van der Waals surface area contributed by atoms with Crippen molar-refractivity contribution in [1.82, 2.24) is 0 Å². The summed E-state index contributed by atoms with van der Waals surface area (Å²) in [6.07, 6.45) is 0.916. The summed E-state index contributed by atoms with van der Waals surface area (Å²) >= 11 is 0. The number of aliphatic imine (C=N–C) groups is 1. The third-order valence-corrected chi connectivity index (χ3v) is 5.02. The van der Waals surface area contributed by atoms with Crippen molar-refractivity contribution >= 4 is 23.8 Å². The molecule has 0 fully saturated rings. The number of hydrogen-bond acceptors (Lipinski definition) is 8. The second-order valence-corrected chi connectivity index (χ2v) is 6.53. The van der Waals surface area contributed by atoms with Crippen molar-refractivity contribution in [3.8, 4) is 28.7 Å². The molecular formula is C21H25ClN2O7. The number of nitro benzene ring substituents is 1. The van der Waals surface area contributed by atoms with Crippen LogP contribution in [0.25, 0.3) is 0 Å². The molecule has 1 aliphatic heterocycles. The van der Waals surface area contributed by atoms with Crippen molar-refractivity contribution in [2.24, 2.45) is 4.99 Å². The Morgan fingerprint density at radius 3 is 2.06 bits per heavy atom.